The van der Waals surface area contributed by atoms with Gasteiger partial charge in [-0.25, -0.2) is 0 Å². The van der Waals surface area contributed by atoms with Crippen LogP contribution < -0.4 is 11.1 Å². The lowest BCUT2D eigenvalue weighted by Crippen LogP contribution is -2.28. The number of aromatic nitrogens is 2. The van der Waals surface area contributed by atoms with Gasteiger partial charge in [0.2, 0.25) is 5.91 Å². The predicted octanol–water partition coefficient (Wildman–Crippen LogP) is 2.45. The maximum Gasteiger partial charge on any atom is 0.225 e. The third-order valence-corrected chi connectivity index (χ3v) is 3.78. The molecule has 112 valence electrons. The van der Waals surface area contributed by atoms with Gasteiger partial charge in [-0.2, -0.15) is 5.10 Å². The first-order valence-corrected chi connectivity index (χ1v) is 7.43. The second-order valence-corrected chi connectivity index (χ2v) is 7.12. The van der Waals surface area contributed by atoms with Crippen molar-refractivity contribution in [1.82, 2.24) is 10.2 Å². The van der Waals surface area contributed by atoms with E-state index in [9.17, 15) is 4.79 Å². The number of nitrogens with two attached hydrogens (primary N) is 1. The molecule has 1 saturated carbocycles. The number of anilines is 1. The van der Waals surface area contributed by atoms with E-state index in [1.807, 2.05) is 6.07 Å². The van der Waals surface area contributed by atoms with Crippen LogP contribution in [0, 0.1) is 11.3 Å². The molecule has 5 nitrogen and oxygen atoms in total. The minimum Gasteiger partial charge on any atom is -0.327 e. The number of hydrogen-bond donors (Lipinski definition) is 3. The second kappa shape index (κ2) is 5.95. The van der Waals surface area contributed by atoms with Crippen LogP contribution in [0.25, 0.3) is 0 Å². The summed E-state index contributed by atoms with van der Waals surface area (Å²) in [7, 11) is 0. The van der Waals surface area contributed by atoms with E-state index < -0.39 is 0 Å². The van der Waals surface area contributed by atoms with Crippen molar-refractivity contribution in [3.05, 3.63) is 11.8 Å². The number of nitrogens with zero attached hydrogens (tertiary/aromatic N) is 1. The first kappa shape index (κ1) is 15.0. The fourth-order valence-corrected chi connectivity index (χ4v) is 2.84. The van der Waals surface area contributed by atoms with Gasteiger partial charge in [0.25, 0.3) is 0 Å². The quantitative estimate of drug-likeness (QED) is 0.791. The molecule has 0 aromatic carbocycles. The topological polar surface area (TPSA) is 83.8 Å². The number of carbonyl (C=O) groups excluding carboxylic acids is 1. The Kier molecular flexibility index (Phi) is 4.48. The lowest BCUT2D eigenvalue weighted by molar-refractivity contribution is -0.117. The van der Waals surface area contributed by atoms with Crippen molar-refractivity contribution in [2.45, 2.75) is 58.9 Å². The summed E-state index contributed by atoms with van der Waals surface area (Å²) in [6, 6.07) is 2.09. The van der Waals surface area contributed by atoms with E-state index in [0.29, 0.717) is 18.2 Å². The van der Waals surface area contributed by atoms with E-state index >= 15 is 0 Å². The van der Waals surface area contributed by atoms with E-state index in [0.717, 1.165) is 31.4 Å². The minimum absolute atomic E-state index is 0.0150. The molecule has 0 unspecified atom stereocenters. The highest BCUT2D eigenvalue weighted by molar-refractivity contribution is 5.89. The van der Waals surface area contributed by atoms with Gasteiger partial charge in [-0.05, 0) is 30.6 Å². The molecule has 0 bridgehead atoms. The summed E-state index contributed by atoms with van der Waals surface area (Å²) in [6.07, 6.45) is 4.64. The molecule has 1 aromatic rings. The van der Waals surface area contributed by atoms with Crippen LogP contribution in [-0.4, -0.2) is 22.1 Å². The largest absolute Gasteiger partial charge is 0.327 e. The average molecular weight is 278 g/mol. The van der Waals surface area contributed by atoms with Crippen LogP contribution in [0.5, 0.6) is 0 Å². The molecule has 1 aliphatic carbocycles. The van der Waals surface area contributed by atoms with Gasteiger partial charge in [0.1, 0.15) is 0 Å². The van der Waals surface area contributed by atoms with E-state index in [2.05, 4.69) is 36.3 Å². The molecule has 0 saturated heterocycles. The van der Waals surface area contributed by atoms with Crippen LogP contribution in [-0.2, 0) is 11.2 Å². The molecule has 20 heavy (non-hydrogen) atoms. The van der Waals surface area contributed by atoms with Crippen LogP contribution in [0.1, 0.15) is 52.1 Å². The standard InChI is InChI=1S/C15H26N4O/c1-15(2,3)9-11-8-13(19-18-11)17-14(20)7-10-5-4-6-12(10)16/h8,10,12H,4-7,9,16H2,1-3H3,(H2,17,18,19,20)/t10-,12+/m0/s1. The second-order valence-electron chi connectivity index (χ2n) is 7.12. The highest BCUT2D eigenvalue weighted by Gasteiger charge is 2.26. The zero-order valence-corrected chi connectivity index (χ0v) is 12.7. The number of rotatable bonds is 4. The van der Waals surface area contributed by atoms with Gasteiger partial charge in [-0.3, -0.25) is 9.89 Å². The summed E-state index contributed by atoms with van der Waals surface area (Å²) in [4.78, 5) is 12.0. The van der Waals surface area contributed by atoms with E-state index in [1.54, 1.807) is 0 Å². The molecular formula is C15H26N4O. The Morgan fingerprint density at radius 1 is 1.50 bits per heavy atom. The third kappa shape index (κ3) is 4.34. The Labute approximate surface area is 120 Å². The molecule has 1 aromatic heterocycles. The van der Waals surface area contributed by atoms with Crippen molar-refractivity contribution in [2.75, 3.05) is 5.32 Å². The Bertz CT molecular complexity index is 461. The highest BCUT2D eigenvalue weighted by Crippen LogP contribution is 2.27. The molecule has 1 fully saturated rings. The van der Waals surface area contributed by atoms with Crippen LogP contribution in [0.4, 0.5) is 5.82 Å². The van der Waals surface area contributed by atoms with Crippen molar-refractivity contribution in [2.24, 2.45) is 17.1 Å². The molecule has 2 rings (SSSR count). The summed E-state index contributed by atoms with van der Waals surface area (Å²) in [5.41, 5.74) is 7.24. The highest BCUT2D eigenvalue weighted by atomic mass is 16.1. The number of hydrogen-bond acceptors (Lipinski definition) is 3. The molecule has 5 heteroatoms. The maximum absolute atomic E-state index is 12.0. The Morgan fingerprint density at radius 2 is 2.25 bits per heavy atom. The van der Waals surface area contributed by atoms with Gasteiger partial charge in [-0.1, -0.05) is 27.2 Å². The molecule has 1 heterocycles. The van der Waals surface area contributed by atoms with Gasteiger partial charge in [-0.15, -0.1) is 0 Å². The fraction of sp³-hybridized carbons (Fsp3) is 0.733. The minimum atomic E-state index is 0.0150. The van der Waals surface area contributed by atoms with Crippen LogP contribution in [0.15, 0.2) is 6.07 Å². The normalized spacial score (nSPS) is 23.0. The van der Waals surface area contributed by atoms with Crippen LogP contribution in [0.3, 0.4) is 0 Å². The summed E-state index contributed by atoms with van der Waals surface area (Å²) < 4.78 is 0. The Morgan fingerprint density at radius 3 is 2.85 bits per heavy atom. The van der Waals surface area contributed by atoms with Crippen molar-refractivity contribution >= 4 is 11.7 Å². The van der Waals surface area contributed by atoms with Crippen LogP contribution in [0.2, 0.25) is 0 Å². The number of amides is 1. The van der Waals surface area contributed by atoms with Crippen molar-refractivity contribution in [3.63, 3.8) is 0 Å². The van der Waals surface area contributed by atoms with Gasteiger partial charge >= 0.3 is 0 Å². The summed E-state index contributed by atoms with van der Waals surface area (Å²) in [5.74, 6) is 0.949. The van der Waals surface area contributed by atoms with Crippen LogP contribution >= 0.6 is 0 Å². The number of nitrogens with one attached hydrogen (secondary N) is 2. The molecule has 1 aliphatic rings. The van der Waals surface area contributed by atoms with E-state index in [1.165, 1.54) is 0 Å². The zero-order valence-electron chi connectivity index (χ0n) is 12.7. The lowest BCUT2D eigenvalue weighted by atomic mass is 9.91. The summed E-state index contributed by atoms with van der Waals surface area (Å²) >= 11 is 0. The first-order valence-electron chi connectivity index (χ1n) is 7.43. The van der Waals surface area contributed by atoms with E-state index in [4.69, 9.17) is 5.73 Å². The fourth-order valence-electron chi connectivity index (χ4n) is 2.84. The lowest BCUT2D eigenvalue weighted by Gasteiger charge is -2.15. The van der Waals surface area contributed by atoms with Crippen molar-refractivity contribution in [3.8, 4) is 0 Å². The van der Waals surface area contributed by atoms with Crippen molar-refractivity contribution < 1.29 is 4.79 Å². The van der Waals surface area contributed by atoms with Gasteiger partial charge < -0.3 is 11.1 Å². The third-order valence-electron chi connectivity index (χ3n) is 3.78. The molecule has 0 spiro atoms. The monoisotopic (exact) mass is 278 g/mol. The smallest absolute Gasteiger partial charge is 0.225 e. The van der Waals surface area contributed by atoms with Gasteiger partial charge in [0.15, 0.2) is 5.82 Å². The van der Waals surface area contributed by atoms with Gasteiger partial charge in [0, 0.05) is 24.2 Å². The molecule has 2 atom stereocenters. The average Bonchev–Trinajstić information content (AvgIpc) is 2.87. The van der Waals surface area contributed by atoms with E-state index in [-0.39, 0.29) is 17.4 Å². The molecule has 1 amide bonds. The Balaban J connectivity index is 1.85. The zero-order chi connectivity index (χ0) is 14.8. The van der Waals surface area contributed by atoms with Crippen molar-refractivity contribution in [1.29, 1.82) is 0 Å². The molecular weight excluding hydrogens is 252 g/mol. The molecule has 4 N–H and O–H groups in total. The SMILES string of the molecule is CC(C)(C)Cc1cc(NC(=O)C[C@@H]2CCC[C@H]2N)n[nH]1. The summed E-state index contributed by atoms with van der Waals surface area (Å²) in [6.45, 7) is 6.52. The number of carbonyl (C=O) groups is 1. The number of aromatic amines is 1. The predicted molar refractivity (Wildman–Crippen MR) is 80.3 cm³/mol. The first-order chi connectivity index (χ1) is 9.33. The number of H-pyrrole nitrogens is 1. The Hall–Kier alpha value is -1.36. The molecule has 0 radical (unpaired) electrons. The maximum atomic E-state index is 12.0. The summed E-state index contributed by atoms with van der Waals surface area (Å²) in [5, 5.41) is 9.99. The van der Waals surface area contributed by atoms with Gasteiger partial charge in [0.05, 0.1) is 0 Å². The molecule has 0 aliphatic heterocycles.